The molecule has 0 aliphatic rings. The van der Waals surface area contributed by atoms with Crippen molar-refractivity contribution in [2.24, 2.45) is 0 Å². The molecule has 2 rings (SSSR count). The number of aryl methyl sites for hydroxylation is 1. The van der Waals surface area contributed by atoms with Crippen molar-refractivity contribution in [1.29, 1.82) is 0 Å². The Labute approximate surface area is 130 Å². The zero-order chi connectivity index (χ0) is 14.4. The molecule has 106 valence electrons. The van der Waals surface area contributed by atoms with Gasteiger partial charge in [-0.25, -0.2) is 4.98 Å². The van der Waals surface area contributed by atoms with Gasteiger partial charge < -0.3 is 5.32 Å². The number of pyridine rings is 1. The van der Waals surface area contributed by atoms with Crippen LogP contribution in [-0.4, -0.2) is 17.3 Å². The molecule has 0 fully saturated rings. The summed E-state index contributed by atoms with van der Waals surface area (Å²) in [6.45, 7) is 5.22. The lowest BCUT2D eigenvalue weighted by molar-refractivity contribution is 0.603. The highest BCUT2D eigenvalue weighted by Gasteiger charge is 2.14. The second-order valence-electron chi connectivity index (χ2n) is 4.57. The Kier molecular flexibility index (Phi) is 5.89. The monoisotopic (exact) mass is 306 g/mol. The topological polar surface area (TPSA) is 24.9 Å². The molecule has 0 amide bonds. The SMILES string of the molecule is CCNC(CSc1ncccc1Cl)c1ccccc1C. The van der Waals surface area contributed by atoms with Gasteiger partial charge >= 0.3 is 0 Å². The van der Waals surface area contributed by atoms with Crippen molar-refractivity contribution < 1.29 is 0 Å². The zero-order valence-electron chi connectivity index (χ0n) is 11.8. The molecule has 2 aromatic rings. The molecule has 0 saturated heterocycles. The third kappa shape index (κ3) is 3.98. The summed E-state index contributed by atoms with van der Waals surface area (Å²) in [6.07, 6.45) is 1.78. The number of hydrogen-bond acceptors (Lipinski definition) is 3. The number of thioether (sulfide) groups is 1. The predicted octanol–water partition coefficient (Wildman–Crippen LogP) is 4.49. The molecule has 0 aliphatic carbocycles. The fraction of sp³-hybridized carbons (Fsp3) is 0.312. The van der Waals surface area contributed by atoms with Crippen molar-refractivity contribution in [3.8, 4) is 0 Å². The first-order valence-corrected chi connectivity index (χ1v) is 8.11. The Hall–Kier alpha value is -1.03. The van der Waals surface area contributed by atoms with E-state index in [0.29, 0.717) is 6.04 Å². The molecule has 1 atom stereocenters. The fourth-order valence-corrected chi connectivity index (χ4v) is 3.37. The molecule has 1 N–H and O–H groups in total. The van der Waals surface area contributed by atoms with Gasteiger partial charge in [0, 0.05) is 18.0 Å². The maximum Gasteiger partial charge on any atom is 0.115 e. The van der Waals surface area contributed by atoms with Crippen molar-refractivity contribution in [3.63, 3.8) is 0 Å². The van der Waals surface area contributed by atoms with Gasteiger partial charge in [0.25, 0.3) is 0 Å². The van der Waals surface area contributed by atoms with Crippen molar-refractivity contribution in [3.05, 3.63) is 58.7 Å². The Balaban J connectivity index is 2.11. The van der Waals surface area contributed by atoms with E-state index in [2.05, 4.69) is 48.4 Å². The van der Waals surface area contributed by atoms with Crippen LogP contribution >= 0.6 is 23.4 Å². The van der Waals surface area contributed by atoms with E-state index in [1.165, 1.54) is 11.1 Å². The molecule has 0 saturated carbocycles. The Morgan fingerprint density at radius 3 is 2.75 bits per heavy atom. The molecule has 0 bridgehead atoms. The molecule has 2 nitrogen and oxygen atoms in total. The minimum atomic E-state index is 0.310. The first kappa shape index (κ1) is 15.4. The Morgan fingerprint density at radius 1 is 1.25 bits per heavy atom. The molecular weight excluding hydrogens is 288 g/mol. The van der Waals surface area contributed by atoms with E-state index in [9.17, 15) is 0 Å². The summed E-state index contributed by atoms with van der Waals surface area (Å²) in [6, 6.07) is 12.5. The standard InChI is InChI=1S/C16H19ClN2S/c1-3-18-15(13-8-5-4-7-12(13)2)11-20-16-14(17)9-6-10-19-16/h4-10,15,18H,3,11H2,1-2H3. The second kappa shape index (κ2) is 7.67. The largest absolute Gasteiger partial charge is 0.309 e. The normalized spacial score (nSPS) is 12.3. The van der Waals surface area contributed by atoms with Gasteiger partial charge in [0.15, 0.2) is 0 Å². The number of rotatable bonds is 6. The quantitative estimate of drug-likeness (QED) is 0.796. The Morgan fingerprint density at radius 2 is 2.05 bits per heavy atom. The second-order valence-corrected chi connectivity index (χ2v) is 5.98. The van der Waals surface area contributed by atoms with Crippen LogP contribution in [0, 0.1) is 6.92 Å². The van der Waals surface area contributed by atoms with Crippen LogP contribution < -0.4 is 5.32 Å². The Bertz CT molecular complexity index is 560. The van der Waals surface area contributed by atoms with Gasteiger partial charge in [0.05, 0.1) is 5.02 Å². The van der Waals surface area contributed by atoms with Crippen LogP contribution in [0.3, 0.4) is 0 Å². The number of halogens is 1. The minimum Gasteiger partial charge on any atom is -0.309 e. The van der Waals surface area contributed by atoms with Crippen molar-refractivity contribution in [2.75, 3.05) is 12.3 Å². The van der Waals surface area contributed by atoms with Crippen LogP contribution in [0.5, 0.6) is 0 Å². The summed E-state index contributed by atoms with van der Waals surface area (Å²) in [7, 11) is 0. The number of benzene rings is 1. The van der Waals surface area contributed by atoms with Crippen LogP contribution in [0.1, 0.15) is 24.1 Å². The van der Waals surface area contributed by atoms with Gasteiger partial charge in [0.1, 0.15) is 5.03 Å². The van der Waals surface area contributed by atoms with E-state index < -0.39 is 0 Å². The van der Waals surface area contributed by atoms with E-state index in [0.717, 1.165) is 22.3 Å². The highest BCUT2D eigenvalue weighted by Crippen LogP contribution is 2.29. The molecule has 0 aliphatic heterocycles. The number of nitrogens with one attached hydrogen (secondary N) is 1. The van der Waals surface area contributed by atoms with Gasteiger partial charge in [-0.05, 0) is 36.7 Å². The molecule has 1 aromatic heterocycles. The van der Waals surface area contributed by atoms with E-state index in [-0.39, 0.29) is 0 Å². The molecule has 1 heterocycles. The van der Waals surface area contributed by atoms with E-state index in [4.69, 9.17) is 11.6 Å². The molecule has 0 spiro atoms. The van der Waals surface area contributed by atoms with Crippen LogP contribution in [0.4, 0.5) is 0 Å². The van der Waals surface area contributed by atoms with Crippen molar-refractivity contribution in [2.45, 2.75) is 24.9 Å². The molecule has 4 heteroatoms. The maximum atomic E-state index is 6.16. The van der Waals surface area contributed by atoms with E-state index >= 15 is 0 Å². The number of hydrogen-bond donors (Lipinski definition) is 1. The van der Waals surface area contributed by atoms with Crippen molar-refractivity contribution in [1.82, 2.24) is 10.3 Å². The average Bonchev–Trinajstić information content (AvgIpc) is 2.46. The summed E-state index contributed by atoms with van der Waals surface area (Å²) >= 11 is 7.85. The third-order valence-electron chi connectivity index (χ3n) is 3.13. The van der Waals surface area contributed by atoms with Crippen LogP contribution in [0.2, 0.25) is 5.02 Å². The molecule has 1 aromatic carbocycles. The summed E-state index contributed by atoms with van der Waals surface area (Å²) in [4.78, 5) is 4.33. The summed E-state index contributed by atoms with van der Waals surface area (Å²) in [5, 5.41) is 5.15. The molecule has 0 radical (unpaired) electrons. The van der Waals surface area contributed by atoms with Gasteiger partial charge in [-0.15, -0.1) is 11.8 Å². The first-order chi connectivity index (χ1) is 9.72. The molecular formula is C16H19ClN2S. The highest BCUT2D eigenvalue weighted by molar-refractivity contribution is 7.99. The molecule has 1 unspecified atom stereocenters. The van der Waals surface area contributed by atoms with Gasteiger partial charge in [0.2, 0.25) is 0 Å². The molecule has 20 heavy (non-hydrogen) atoms. The maximum absolute atomic E-state index is 6.16. The minimum absolute atomic E-state index is 0.310. The van der Waals surface area contributed by atoms with E-state index in [1.54, 1.807) is 18.0 Å². The predicted molar refractivity (Wildman–Crippen MR) is 87.6 cm³/mol. The summed E-state index contributed by atoms with van der Waals surface area (Å²) in [5.74, 6) is 0.912. The fourth-order valence-electron chi connectivity index (χ4n) is 2.12. The van der Waals surface area contributed by atoms with Crippen LogP contribution in [0.25, 0.3) is 0 Å². The van der Waals surface area contributed by atoms with Gasteiger partial charge in [-0.2, -0.15) is 0 Å². The van der Waals surface area contributed by atoms with Crippen LogP contribution in [-0.2, 0) is 0 Å². The lowest BCUT2D eigenvalue weighted by Crippen LogP contribution is -2.23. The number of aromatic nitrogens is 1. The van der Waals surface area contributed by atoms with Crippen LogP contribution in [0.15, 0.2) is 47.6 Å². The smallest absolute Gasteiger partial charge is 0.115 e. The van der Waals surface area contributed by atoms with Gasteiger partial charge in [-0.1, -0.05) is 42.8 Å². The van der Waals surface area contributed by atoms with Crippen molar-refractivity contribution >= 4 is 23.4 Å². The highest BCUT2D eigenvalue weighted by atomic mass is 35.5. The zero-order valence-corrected chi connectivity index (χ0v) is 13.3. The lowest BCUT2D eigenvalue weighted by Gasteiger charge is -2.20. The summed E-state index contributed by atoms with van der Waals surface area (Å²) in [5.41, 5.74) is 2.65. The average molecular weight is 307 g/mol. The first-order valence-electron chi connectivity index (χ1n) is 6.74. The lowest BCUT2D eigenvalue weighted by atomic mass is 10.0. The van der Waals surface area contributed by atoms with Gasteiger partial charge in [-0.3, -0.25) is 0 Å². The number of nitrogens with zero attached hydrogens (tertiary/aromatic N) is 1. The van der Waals surface area contributed by atoms with E-state index in [1.807, 2.05) is 12.1 Å². The summed E-state index contributed by atoms with van der Waals surface area (Å²) < 4.78 is 0. The third-order valence-corrected chi connectivity index (χ3v) is 4.64.